The van der Waals surface area contributed by atoms with Gasteiger partial charge >= 0.3 is 0 Å². The molecule has 1 heterocycles. The van der Waals surface area contributed by atoms with E-state index in [9.17, 15) is 4.79 Å². The molecule has 1 atom stereocenters. The maximum Gasteiger partial charge on any atom is 0.241 e. The van der Waals surface area contributed by atoms with Crippen LogP contribution in [0.25, 0.3) is 0 Å². The first-order valence-electron chi connectivity index (χ1n) is 4.72. The highest BCUT2D eigenvalue weighted by molar-refractivity contribution is 5.94. The predicted octanol–water partition coefficient (Wildman–Crippen LogP) is 1.00. The summed E-state index contributed by atoms with van der Waals surface area (Å²) < 4.78 is 1.79. The Morgan fingerprint density at radius 1 is 1.73 bits per heavy atom. The second-order valence-corrected chi connectivity index (χ2v) is 3.27. The van der Waals surface area contributed by atoms with Gasteiger partial charge in [-0.05, 0) is 13.3 Å². The van der Waals surface area contributed by atoms with Crippen LogP contribution in [-0.2, 0) is 11.3 Å². The summed E-state index contributed by atoms with van der Waals surface area (Å²) in [5.74, 6) is -0.193. The standard InChI is InChI=1S/C9H16N4O.ClH/c1-3-4-13-6-8(5-11-13)12-9(14)7(2)10;/h5-7H,3-4,10H2,1-2H3,(H,12,14);1H/t7-;/m0./s1. The zero-order valence-electron chi connectivity index (χ0n) is 8.93. The third kappa shape index (κ3) is 4.31. The number of aryl methyl sites for hydroxylation is 1. The van der Waals surface area contributed by atoms with E-state index in [4.69, 9.17) is 5.73 Å². The Kier molecular flexibility index (Phi) is 5.96. The molecule has 0 bridgehead atoms. The molecule has 1 amide bonds. The maximum absolute atomic E-state index is 11.2. The summed E-state index contributed by atoms with van der Waals surface area (Å²) in [6.45, 7) is 4.57. The Morgan fingerprint density at radius 3 is 2.93 bits per heavy atom. The van der Waals surface area contributed by atoms with Crippen molar-refractivity contribution in [2.45, 2.75) is 32.9 Å². The Bertz CT molecular complexity index is 311. The molecule has 0 unspecified atom stereocenters. The van der Waals surface area contributed by atoms with E-state index in [1.807, 2.05) is 0 Å². The van der Waals surface area contributed by atoms with E-state index in [0.29, 0.717) is 5.69 Å². The largest absolute Gasteiger partial charge is 0.322 e. The average Bonchev–Trinajstić information content (AvgIpc) is 2.53. The fourth-order valence-electron chi connectivity index (χ4n) is 1.04. The number of carbonyl (C=O) groups excluding carboxylic acids is 1. The van der Waals surface area contributed by atoms with Crippen molar-refractivity contribution in [1.29, 1.82) is 0 Å². The lowest BCUT2D eigenvalue weighted by Crippen LogP contribution is -2.32. The van der Waals surface area contributed by atoms with Crippen LogP contribution in [-0.4, -0.2) is 21.7 Å². The van der Waals surface area contributed by atoms with E-state index in [1.165, 1.54) is 0 Å². The summed E-state index contributed by atoms with van der Waals surface area (Å²) in [5.41, 5.74) is 6.11. The molecule has 0 spiro atoms. The molecular formula is C9H17ClN4O. The molecule has 0 aliphatic rings. The SMILES string of the molecule is CCCn1cc(NC(=O)[C@H](C)N)cn1.Cl. The zero-order valence-corrected chi connectivity index (χ0v) is 9.75. The summed E-state index contributed by atoms with van der Waals surface area (Å²) in [5, 5.41) is 6.75. The highest BCUT2D eigenvalue weighted by Crippen LogP contribution is 2.05. The molecule has 0 fully saturated rings. The molecule has 1 aromatic heterocycles. The number of hydrogen-bond acceptors (Lipinski definition) is 3. The van der Waals surface area contributed by atoms with Crippen molar-refractivity contribution >= 4 is 24.0 Å². The molecule has 0 aliphatic carbocycles. The van der Waals surface area contributed by atoms with Gasteiger partial charge in [0.25, 0.3) is 0 Å². The third-order valence-corrected chi connectivity index (χ3v) is 1.77. The molecule has 3 N–H and O–H groups in total. The normalized spacial score (nSPS) is 11.7. The number of halogens is 1. The van der Waals surface area contributed by atoms with Gasteiger partial charge in [0, 0.05) is 12.7 Å². The molecule has 5 nitrogen and oxygen atoms in total. The van der Waals surface area contributed by atoms with Gasteiger partial charge in [0.15, 0.2) is 0 Å². The van der Waals surface area contributed by atoms with Crippen LogP contribution < -0.4 is 11.1 Å². The first-order valence-corrected chi connectivity index (χ1v) is 4.72. The summed E-state index contributed by atoms with van der Waals surface area (Å²) in [4.78, 5) is 11.2. The number of rotatable bonds is 4. The predicted molar refractivity (Wildman–Crippen MR) is 62.0 cm³/mol. The van der Waals surface area contributed by atoms with Gasteiger partial charge in [-0.15, -0.1) is 12.4 Å². The van der Waals surface area contributed by atoms with Crippen LogP contribution >= 0.6 is 12.4 Å². The van der Waals surface area contributed by atoms with E-state index in [0.717, 1.165) is 13.0 Å². The second-order valence-electron chi connectivity index (χ2n) is 3.27. The quantitative estimate of drug-likeness (QED) is 0.814. The monoisotopic (exact) mass is 232 g/mol. The van der Waals surface area contributed by atoms with E-state index in [1.54, 1.807) is 24.0 Å². The van der Waals surface area contributed by atoms with Gasteiger partial charge in [-0.2, -0.15) is 5.10 Å². The van der Waals surface area contributed by atoms with E-state index in [-0.39, 0.29) is 18.3 Å². The fraction of sp³-hybridized carbons (Fsp3) is 0.556. The molecule has 6 heteroatoms. The van der Waals surface area contributed by atoms with Crippen molar-refractivity contribution in [3.8, 4) is 0 Å². The van der Waals surface area contributed by atoms with E-state index in [2.05, 4.69) is 17.3 Å². The molecule has 86 valence electrons. The lowest BCUT2D eigenvalue weighted by atomic mass is 10.3. The number of amides is 1. The second kappa shape index (κ2) is 6.42. The molecule has 0 saturated heterocycles. The minimum absolute atomic E-state index is 0. The number of hydrogen-bond donors (Lipinski definition) is 2. The molecule has 0 aliphatic heterocycles. The van der Waals surface area contributed by atoms with Crippen LogP contribution in [0.15, 0.2) is 12.4 Å². The van der Waals surface area contributed by atoms with E-state index < -0.39 is 6.04 Å². The number of nitrogens with two attached hydrogens (primary N) is 1. The smallest absolute Gasteiger partial charge is 0.241 e. The molecule has 1 aromatic rings. The van der Waals surface area contributed by atoms with Crippen LogP contribution in [0.4, 0.5) is 5.69 Å². The van der Waals surface area contributed by atoms with Gasteiger partial charge in [0.1, 0.15) is 0 Å². The molecular weight excluding hydrogens is 216 g/mol. The van der Waals surface area contributed by atoms with Crippen molar-refractivity contribution in [3.05, 3.63) is 12.4 Å². The highest BCUT2D eigenvalue weighted by Gasteiger charge is 2.08. The number of carbonyl (C=O) groups is 1. The van der Waals surface area contributed by atoms with Crippen LogP contribution in [0.1, 0.15) is 20.3 Å². The van der Waals surface area contributed by atoms with Crippen LogP contribution in [0.3, 0.4) is 0 Å². The molecule has 1 rings (SSSR count). The van der Waals surface area contributed by atoms with Crippen molar-refractivity contribution < 1.29 is 4.79 Å². The first kappa shape index (κ1) is 13.9. The Balaban J connectivity index is 0.00000196. The van der Waals surface area contributed by atoms with Gasteiger partial charge < -0.3 is 11.1 Å². The lowest BCUT2D eigenvalue weighted by molar-refractivity contribution is -0.117. The Labute approximate surface area is 95.4 Å². The number of nitrogens with zero attached hydrogens (tertiary/aromatic N) is 2. The summed E-state index contributed by atoms with van der Waals surface area (Å²) in [6, 6.07) is -0.496. The lowest BCUT2D eigenvalue weighted by Gasteiger charge is -2.04. The molecule has 15 heavy (non-hydrogen) atoms. The number of aromatic nitrogens is 2. The van der Waals surface area contributed by atoms with Crippen LogP contribution in [0.2, 0.25) is 0 Å². The highest BCUT2D eigenvalue weighted by atomic mass is 35.5. The van der Waals surface area contributed by atoms with Gasteiger partial charge in [0.05, 0.1) is 17.9 Å². The third-order valence-electron chi connectivity index (χ3n) is 1.77. The summed E-state index contributed by atoms with van der Waals surface area (Å²) in [6.07, 6.45) is 4.43. The number of nitrogens with one attached hydrogen (secondary N) is 1. The average molecular weight is 233 g/mol. The Morgan fingerprint density at radius 2 is 2.40 bits per heavy atom. The first-order chi connectivity index (χ1) is 6.63. The molecule has 0 radical (unpaired) electrons. The van der Waals surface area contributed by atoms with Crippen molar-refractivity contribution in [2.24, 2.45) is 5.73 Å². The maximum atomic E-state index is 11.2. The topological polar surface area (TPSA) is 72.9 Å². The summed E-state index contributed by atoms with van der Waals surface area (Å²) in [7, 11) is 0. The Hall–Kier alpha value is -1.07. The summed E-state index contributed by atoms with van der Waals surface area (Å²) >= 11 is 0. The molecule has 0 saturated carbocycles. The van der Waals surface area contributed by atoms with Crippen molar-refractivity contribution in [3.63, 3.8) is 0 Å². The zero-order chi connectivity index (χ0) is 10.6. The van der Waals surface area contributed by atoms with Crippen molar-refractivity contribution in [1.82, 2.24) is 9.78 Å². The van der Waals surface area contributed by atoms with Crippen LogP contribution in [0, 0.1) is 0 Å². The van der Waals surface area contributed by atoms with Gasteiger partial charge in [-0.3, -0.25) is 9.48 Å². The fourth-order valence-corrected chi connectivity index (χ4v) is 1.04. The number of anilines is 1. The van der Waals surface area contributed by atoms with Gasteiger partial charge in [0.2, 0.25) is 5.91 Å². The van der Waals surface area contributed by atoms with Gasteiger partial charge in [-0.25, -0.2) is 0 Å². The molecule has 0 aromatic carbocycles. The minimum Gasteiger partial charge on any atom is -0.322 e. The minimum atomic E-state index is -0.496. The van der Waals surface area contributed by atoms with E-state index >= 15 is 0 Å². The van der Waals surface area contributed by atoms with Crippen LogP contribution in [0.5, 0.6) is 0 Å². The van der Waals surface area contributed by atoms with Gasteiger partial charge in [-0.1, -0.05) is 6.92 Å². The van der Waals surface area contributed by atoms with Crippen molar-refractivity contribution in [2.75, 3.05) is 5.32 Å².